The molecule has 7 nitrogen and oxygen atoms in total. The Kier molecular flexibility index (Phi) is 4.29. The van der Waals surface area contributed by atoms with E-state index in [1.165, 1.54) is 12.1 Å². The third-order valence-corrected chi connectivity index (χ3v) is 4.77. The lowest BCUT2D eigenvalue weighted by atomic mass is 10.0. The van der Waals surface area contributed by atoms with Gasteiger partial charge in [0.05, 0.1) is 10.8 Å². The first-order chi connectivity index (χ1) is 9.81. The van der Waals surface area contributed by atoms with Gasteiger partial charge in [-0.3, -0.25) is 9.59 Å². The minimum atomic E-state index is -3.70. The number of hydrogen-bond donors (Lipinski definition) is 3. The summed E-state index contributed by atoms with van der Waals surface area (Å²) >= 11 is 0. The van der Waals surface area contributed by atoms with Crippen LogP contribution in [-0.2, 0) is 19.6 Å². The zero-order chi connectivity index (χ0) is 15.6. The predicted octanol–water partition coefficient (Wildman–Crippen LogP) is 0.885. The standard InChI is InChI=1S/C13H16N2O5S/c1-8-10-7-9(4-5-11(10)15-13(8)18)21(19,20)14-6-2-3-12(16)17/h4-5,7-8,14H,2-3,6H2,1H3,(H,15,18)(H,16,17). The summed E-state index contributed by atoms with van der Waals surface area (Å²) in [6, 6.07) is 4.44. The highest BCUT2D eigenvalue weighted by Gasteiger charge is 2.28. The molecule has 0 aliphatic carbocycles. The maximum absolute atomic E-state index is 12.1. The number of amides is 1. The number of carbonyl (C=O) groups is 2. The average Bonchev–Trinajstić information content (AvgIpc) is 2.70. The van der Waals surface area contributed by atoms with Crippen molar-refractivity contribution in [2.45, 2.75) is 30.6 Å². The van der Waals surface area contributed by atoms with E-state index in [0.717, 1.165) is 0 Å². The van der Waals surface area contributed by atoms with Gasteiger partial charge in [0, 0.05) is 18.7 Å². The van der Waals surface area contributed by atoms with Gasteiger partial charge in [0.25, 0.3) is 0 Å². The first kappa shape index (κ1) is 15.5. The summed E-state index contributed by atoms with van der Waals surface area (Å²) in [4.78, 5) is 22.0. The maximum Gasteiger partial charge on any atom is 0.303 e. The van der Waals surface area contributed by atoms with Crippen LogP contribution in [0.2, 0.25) is 0 Å². The van der Waals surface area contributed by atoms with Gasteiger partial charge in [-0.25, -0.2) is 13.1 Å². The van der Waals surface area contributed by atoms with Gasteiger partial charge in [0.15, 0.2) is 0 Å². The number of hydrogen-bond acceptors (Lipinski definition) is 4. The van der Waals surface area contributed by atoms with Crippen LogP contribution in [0.25, 0.3) is 0 Å². The van der Waals surface area contributed by atoms with Gasteiger partial charge in [-0.2, -0.15) is 0 Å². The molecule has 1 aromatic carbocycles. The van der Waals surface area contributed by atoms with E-state index < -0.39 is 16.0 Å². The van der Waals surface area contributed by atoms with Gasteiger partial charge in [0.2, 0.25) is 15.9 Å². The molecule has 0 aromatic heterocycles. The van der Waals surface area contributed by atoms with E-state index >= 15 is 0 Å². The van der Waals surface area contributed by atoms with Crippen molar-refractivity contribution in [3.63, 3.8) is 0 Å². The van der Waals surface area contributed by atoms with E-state index in [9.17, 15) is 18.0 Å². The summed E-state index contributed by atoms with van der Waals surface area (Å²) in [6.07, 6.45) is 0.123. The summed E-state index contributed by atoms with van der Waals surface area (Å²) in [6.45, 7) is 1.76. The van der Waals surface area contributed by atoms with Gasteiger partial charge in [-0.15, -0.1) is 0 Å². The minimum absolute atomic E-state index is 0.0540. The number of fused-ring (bicyclic) bond motifs is 1. The number of anilines is 1. The Morgan fingerprint density at radius 2 is 2.14 bits per heavy atom. The lowest BCUT2D eigenvalue weighted by molar-refractivity contribution is -0.137. The molecule has 21 heavy (non-hydrogen) atoms. The maximum atomic E-state index is 12.1. The first-order valence-corrected chi connectivity index (χ1v) is 7.96. The monoisotopic (exact) mass is 312 g/mol. The Morgan fingerprint density at radius 3 is 2.81 bits per heavy atom. The summed E-state index contributed by atoms with van der Waals surface area (Å²) in [5.74, 6) is -1.51. The van der Waals surface area contributed by atoms with Crippen molar-refractivity contribution in [3.05, 3.63) is 23.8 Å². The molecule has 0 bridgehead atoms. The van der Waals surface area contributed by atoms with Crippen LogP contribution in [0.5, 0.6) is 0 Å². The average molecular weight is 312 g/mol. The third-order valence-electron chi connectivity index (χ3n) is 3.31. The summed E-state index contributed by atoms with van der Waals surface area (Å²) in [5.41, 5.74) is 1.27. The third kappa shape index (κ3) is 3.40. The summed E-state index contributed by atoms with van der Waals surface area (Å²) in [5, 5.41) is 11.2. The zero-order valence-electron chi connectivity index (χ0n) is 11.4. The van der Waals surface area contributed by atoms with Crippen LogP contribution in [0.1, 0.15) is 31.2 Å². The van der Waals surface area contributed by atoms with Crippen molar-refractivity contribution in [1.29, 1.82) is 0 Å². The number of carboxylic acids is 1. The fourth-order valence-corrected chi connectivity index (χ4v) is 3.20. The largest absolute Gasteiger partial charge is 0.481 e. The van der Waals surface area contributed by atoms with Gasteiger partial charge in [-0.1, -0.05) is 0 Å². The molecule has 0 spiro atoms. The van der Waals surface area contributed by atoms with Crippen molar-refractivity contribution in [1.82, 2.24) is 4.72 Å². The normalized spacial score (nSPS) is 17.4. The molecule has 1 amide bonds. The zero-order valence-corrected chi connectivity index (χ0v) is 12.2. The molecule has 1 aromatic rings. The van der Waals surface area contributed by atoms with Crippen LogP contribution < -0.4 is 10.0 Å². The molecule has 114 valence electrons. The number of benzene rings is 1. The summed E-state index contributed by atoms with van der Waals surface area (Å²) < 4.78 is 26.6. The van der Waals surface area contributed by atoms with Crippen LogP contribution in [-0.4, -0.2) is 31.9 Å². The highest BCUT2D eigenvalue weighted by molar-refractivity contribution is 7.89. The second-order valence-corrected chi connectivity index (χ2v) is 6.62. The number of rotatable bonds is 6. The molecule has 0 saturated heterocycles. The van der Waals surface area contributed by atoms with E-state index in [2.05, 4.69) is 10.0 Å². The lowest BCUT2D eigenvalue weighted by Crippen LogP contribution is -2.25. The number of carboxylic acid groups (broad SMARTS) is 1. The Balaban J connectivity index is 2.11. The fourth-order valence-electron chi connectivity index (χ4n) is 2.09. The predicted molar refractivity (Wildman–Crippen MR) is 75.5 cm³/mol. The first-order valence-electron chi connectivity index (χ1n) is 6.47. The second kappa shape index (κ2) is 5.82. The Morgan fingerprint density at radius 1 is 1.43 bits per heavy atom. The SMILES string of the molecule is CC1C(=O)Nc2ccc(S(=O)(=O)NCCCC(=O)O)cc21. The molecule has 3 N–H and O–H groups in total. The molecular weight excluding hydrogens is 296 g/mol. The van der Waals surface area contributed by atoms with E-state index in [4.69, 9.17) is 5.11 Å². The van der Waals surface area contributed by atoms with Gasteiger partial charge in [-0.05, 0) is 37.1 Å². The topological polar surface area (TPSA) is 113 Å². The molecule has 2 rings (SSSR count). The molecule has 0 fully saturated rings. The van der Waals surface area contributed by atoms with Crippen LogP contribution in [0.4, 0.5) is 5.69 Å². The molecule has 0 radical (unpaired) electrons. The molecule has 1 heterocycles. The fraction of sp³-hybridized carbons (Fsp3) is 0.385. The molecule has 0 saturated carbocycles. The van der Waals surface area contributed by atoms with Crippen molar-refractivity contribution >= 4 is 27.6 Å². The minimum Gasteiger partial charge on any atom is -0.481 e. The van der Waals surface area contributed by atoms with Crippen LogP contribution >= 0.6 is 0 Å². The van der Waals surface area contributed by atoms with Crippen molar-refractivity contribution in [2.75, 3.05) is 11.9 Å². The van der Waals surface area contributed by atoms with Gasteiger partial charge >= 0.3 is 5.97 Å². The van der Waals surface area contributed by atoms with Gasteiger partial charge < -0.3 is 10.4 Å². The quantitative estimate of drug-likeness (QED) is 0.675. The van der Waals surface area contributed by atoms with E-state index in [1.54, 1.807) is 13.0 Å². The van der Waals surface area contributed by atoms with Crippen molar-refractivity contribution < 1.29 is 23.1 Å². The number of aliphatic carboxylic acids is 1. The van der Waals surface area contributed by atoms with Crippen LogP contribution in [0.3, 0.4) is 0 Å². The highest BCUT2D eigenvalue weighted by Crippen LogP contribution is 2.33. The van der Waals surface area contributed by atoms with Crippen molar-refractivity contribution in [3.8, 4) is 0 Å². The Bertz CT molecular complexity index is 684. The number of carbonyl (C=O) groups excluding carboxylic acids is 1. The van der Waals surface area contributed by atoms with Crippen LogP contribution in [0.15, 0.2) is 23.1 Å². The van der Waals surface area contributed by atoms with Gasteiger partial charge in [0.1, 0.15) is 0 Å². The summed E-state index contributed by atoms with van der Waals surface area (Å²) in [7, 11) is -3.70. The van der Waals surface area contributed by atoms with Crippen molar-refractivity contribution in [2.24, 2.45) is 0 Å². The number of sulfonamides is 1. The van der Waals surface area contributed by atoms with Crippen LogP contribution in [0, 0.1) is 0 Å². The molecule has 1 aliphatic heterocycles. The Hall–Kier alpha value is -1.93. The lowest BCUT2D eigenvalue weighted by Gasteiger charge is -2.08. The smallest absolute Gasteiger partial charge is 0.303 e. The van der Waals surface area contributed by atoms with E-state index in [1.807, 2.05) is 0 Å². The number of nitrogens with one attached hydrogen (secondary N) is 2. The highest BCUT2D eigenvalue weighted by atomic mass is 32.2. The second-order valence-electron chi connectivity index (χ2n) is 4.86. The molecule has 1 atom stereocenters. The molecule has 8 heteroatoms. The molecular formula is C13H16N2O5S. The Labute approximate surface area is 122 Å². The van der Waals surface area contributed by atoms with E-state index in [0.29, 0.717) is 11.3 Å². The van der Waals surface area contributed by atoms with E-state index in [-0.39, 0.29) is 36.1 Å². The molecule has 1 unspecified atom stereocenters. The molecule has 1 aliphatic rings.